The first-order chi connectivity index (χ1) is 13.1. The Labute approximate surface area is 162 Å². The molecular formula is C18H23FN2O6S. The Bertz CT molecular complexity index is 838. The molecule has 1 saturated heterocycles. The average molecular weight is 414 g/mol. The van der Waals surface area contributed by atoms with Crippen molar-refractivity contribution in [1.82, 2.24) is 10.6 Å². The molecule has 0 radical (unpaired) electrons. The highest BCUT2D eigenvalue weighted by Crippen LogP contribution is 2.11. The minimum Gasteiger partial charge on any atom is -0.454 e. The van der Waals surface area contributed by atoms with E-state index in [1.54, 1.807) is 13.8 Å². The third kappa shape index (κ3) is 6.29. The first kappa shape index (κ1) is 21.8. The third-order valence-electron chi connectivity index (χ3n) is 4.26. The lowest BCUT2D eigenvalue weighted by molar-refractivity contribution is -0.151. The van der Waals surface area contributed by atoms with Crippen molar-refractivity contribution in [1.29, 1.82) is 0 Å². The van der Waals surface area contributed by atoms with Gasteiger partial charge in [-0.2, -0.15) is 0 Å². The number of sulfone groups is 1. The number of hydrogen-bond acceptors (Lipinski definition) is 6. The van der Waals surface area contributed by atoms with E-state index in [1.165, 1.54) is 12.1 Å². The summed E-state index contributed by atoms with van der Waals surface area (Å²) in [5, 5.41) is 5.02. The molecule has 1 heterocycles. The van der Waals surface area contributed by atoms with Gasteiger partial charge in [0.25, 0.3) is 11.8 Å². The molecule has 154 valence electrons. The molecule has 0 unspecified atom stereocenters. The van der Waals surface area contributed by atoms with Gasteiger partial charge in [-0.25, -0.2) is 17.6 Å². The number of hydrogen-bond donors (Lipinski definition) is 2. The minimum atomic E-state index is -3.13. The molecule has 1 fully saturated rings. The van der Waals surface area contributed by atoms with Crippen LogP contribution in [0.25, 0.3) is 0 Å². The lowest BCUT2D eigenvalue weighted by Gasteiger charge is -2.21. The fourth-order valence-electron chi connectivity index (χ4n) is 2.73. The molecule has 0 aliphatic carbocycles. The smallest absolute Gasteiger partial charge is 0.329 e. The van der Waals surface area contributed by atoms with Crippen LogP contribution in [-0.4, -0.2) is 56.4 Å². The predicted octanol–water partition coefficient (Wildman–Crippen LogP) is 0.427. The van der Waals surface area contributed by atoms with Crippen LogP contribution in [0.5, 0.6) is 0 Å². The van der Waals surface area contributed by atoms with Crippen molar-refractivity contribution >= 4 is 27.6 Å². The van der Waals surface area contributed by atoms with Crippen LogP contribution < -0.4 is 10.6 Å². The van der Waals surface area contributed by atoms with Crippen molar-refractivity contribution in [3.05, 3.63) is 35.6 Å². The second kappa shape index (κ2) is 9.13. The summed E-state index contributed by atoms with van der Waals surface area (Å²) >= 11 is 0. The van der Waals surface area contributed by atoms with Crippen LogP contribution >= 0.6 is 0 Å². The van der Waals surface area contributed by atoms with Crippen molar-refractivity contribution in [2.24, 2.45) is 5.92 Å². The lowest BCUT2D eigenvalue weighted by Crippen LogP contribution is -2.46. The maximum absolute atomic E-state index is 13.0. The van der Waals surface area contributed by atoms with Crippen molar-refractivity contribution in [2.45, 2.75) is 32.4 Å². The van der Waals surface area contributed by atoms with Crippen LogP contribution in [0.15, 0.2) is 24.3 Å². The fourth-order valence-corrected chi connectivity index (χ4v) is 4.40. The molecule has 10 heteroatoms. The molecule has 0 spiro atoms. The summed E-state index contributed by atoms with van der Waals surface area (Å²) in [6.07, 6.45) is 0.324. The zero-order valence-electron chi connectivity index (χ0n) is 15.6. The van der Waals surface area contributed by atoms with E-state index in [2.05, 4.69) is 10.6 Å². The molecule has 2 N–H and O–H groups in total. The highest BCUT2D eigenvalue weighted by molar-refractivity contribution is 7.91. The highest BCUT2D eigenvalue weighted by Gasteiger charge is 2.30. The maximum Gasteiger partial charge on any atom is 0.329 e. The Kier molecular flexibility index (Phi) is 7.11. The zero-order valence-corrected chi connectivity index (χ0v) is 16.4. The molecule has 1 aromatic carbocycles. The third-order valence-corrected chi connectivity index (χ3v) is 6.02. The molecule has 28 heavy (non-hydrogen) atoms. The standard InChI is InChI=1S/C18H23FN2O6S/c1-11(2)16(21-17(23)12-3-5-13(19)6-4-12)18(24)27-9-15(22)20-14-7-8-28(25,26)10-14/h3-6,11,14,16H,7-10H2,1-2H3,(H,20,22)(H,21,23)/t14-,16-/m0/s1. The van der Waals surface area contributed by atoms with Gasteiger partial charge in [-0.3, -0.25) is 9.59 Å². The quantitative estimate of drug-likeness (QED) is 0.625. The zero-order chi connectivity index (χ0) is 20.9. The molecule has 1 aliphatic rings. The number of halogens is 1. The lowest BCUT2D eigenvalue weighted by atomic mass is 10.0. The summed E-state index contributed by atoms with van der Waals surface area (Å²) < 4.78 is 40.7. The van der Waals surface area contributed by atoms with Gasteiger partial charge < -0.3 is 15.4 Å². The molecule has 1 aromatic rings. The van der Waals surface area contributed by atoms with Gasteiger partial charge in [-0.15, -0.1) is 0 Å². The Morgan fingerprint density at radius 3 is 2.39 bits per heavy atom. The van der Waals surface area contributed by atoms with Gasteiger partial charge in [0.2, 0.25) is 0 Å². The number of esters is 1. The fraction of sp³-hybridized carbons (Fsp3) is 0.500. The second-order valence-electron chi connectivity index (χ2n) is 6.98. The summed E-state index contributed by atoms with van der Waals surface area (Å²) in [7, 11) is -3.13. The van der Waals surface area contributed by atoms with Crippen LogP contribution in [0.3, 0.4) is 0 Å². The first-order valence-electron chi connectivity index (χ1n) is 8.80. The summed E-state index contributed by atoms with van der Waals surface area (Å²) in [5.74, 6) is -2.89. The average Bonchev–Trinajstić information content (AvgIpc) is 2.96. The maximum atomic E-state index is 13.0. The number of carbonyl (C=O) groups is 3. The summed E-state index contributed by atoms with van der Waals surface area (Å²) in [6.45, 7) is 2.81. The van der Waals surface area contributed by atoms with Gasteiger partial charge in [0.05, 0.1) is 11.5 Å². The van der Waals surface area contributed by atoms with E-state index in [0.717, 1.165) is 12.1 Å². The van der Waals surface area contributed by atoms with Crippen LogP contribution in [-0.2, 0) is 24.2 Å². The van der Waals surface area contributed by atoms with Crippen LogP contribution in [0.1, 0.15) is 30.6 Å². The van der Waals surface area contributed by atoms with E-state index in [9.17, 15) is 27.2 Å². The number of rotatable bonds is 7. The monoisotopic (exact) mass is 414 g/mol. The molecule has 8 nitrogen and oxygen atoms in total. The Morgan fingerprint density at radius 1 is 1.21 bits per heavy atom. The van der Waals surface area contributed by atoms with Gasteiger partial charge in [-0.1, -0.05) is 13.8 Å². The summed E-state index contributed by atoms with van der Waals surface area (Å²) in [6, 6.07) is 3.34. The van der Waals surface area contributed by atoms with Crippen LogP contribution in [0, 0.1) is 11.7 Å². The molecule has 2 amide bonds. The normalized spacial score (nSPS) is 19.1. The largest absolute Gasteiger partial charge is 0.454 e. The number of nitrogens with one attached hydrogen (secondary N) is 2. The van der Waals surface area contributed by atoms with Gasteiger partial charge in [0.15, 0.2) is 16.4 Å². The van der Waals surface area contributed by atoms with Gasteiger partial charge >= 0.3 is 5.97 Å². The Morgan fingerprint density at radius 2 is 1.86 bits per heavy atom. The summed E-state index contributed by atoms with van der Waals surface area (Å²) in [5.41, 5.74) is 0.181. The summed E-state index contributed by atoms with van der Waals surface area (Å²) in [4.78, 5) is 36.4. The predicted molar refractivity (Wildman–Crippen MR) is 98.7 cm³/mol. The van der Waals surface area contributed by atoms with E-state index in [4.69, 9.17) is 4.74 Å². The van der Waals surface area contributed by atoms with E-state index >= 15 is 0 Å². The van der Waals surface area contributed by atoms with Crippen molar-refractivity contribution in [2.75, 3.05) is 18.1 Å². The highest BCUT2D eigenvalue weighted by atomic mass is 32.2. The molecule has 0 bridgehead atoms. The van der Waals surface area contributed by atoms with Gasteiger partial charge in [0, 0.05) is 11.6 Å². The first-order valence-corrected chi connectivity index (χ1v) is 10.6. The number of carbonyl (C=O) groups excluding carboxylic acids is 3. The molecular weight excluding hydrogens is 391 g/mol. The second-order valence-corrected chi connectivity index (χ2v) is 9.21. The molecule has 2 rings (SSSR count). The number of ether oxygens (including phenoxy) is 1. The molecule has 0 saturated carbocycles. The Balaban J connectivity index is 1.87. The minimum absolute atomic E-state index is 0.0164. The molecule has 2 atom stereocenters. The van der Waals surface area contributed by atoms with E-state index in [-0.39, 0.29) is 23.0 Å². The van der Waals surface area contributed by atoms with E-state index < -0.39 is 52.1 Å². The van der Waals surface area contributed by atoms with E-state index in [0.29, 0.717) is 6.42 Å². The van der Waals surface area contributed by atoms with E-state index in [1.807, 2.05) is 0 Å². The molecule has 0 aromatic heterocycles. The van der Waals surface area contributed by atoms with Crippen LogP contribution in [0.2, 0.25) is 0 Å². The van der Waals surface area contributed by atoms with Crippen molar-refractivity contribution in [3.63, 3.8) is 0 Å². The van der Waals surface area contributed by atoms with Crippen molar-refractivity contribution < 1.29 is 31.9 Å². The number of amides is 2. The Hall–Kier alpha value is -2.49. The van der Waals surface area contributed by atoms with Gasteiger partial charge in [-0.05, 0) is 36.6 Å². The van der Waals surface area contributed by atoms with Gasteiger partial charge in [0.1, 0.15) is 11.9 Å². The van der Waals surface area contributed by atoms with Crippen molar-refractivity contribution in [3.8, 4) is 0 Å². The molecule has 1 aliphatic heterocycles. The number of benzene rings is 1. The topological polar surface area (TPSA) is 119 Å². The SMILES string of the molecule is CC(C)[C@H](NC(=O)c1ccc(F)cc1)C(=O)OCC(=O)N[C@H]1CCS(=O)(=O)C1. The van der Waals surface area contributed by atoms with Crippen LogP contribution in [0.4, 0.5) is 4.39 Å².